The normalized spacial score (nSPS) is 14.5. The molecule has 3 heterocycles. The molecule has 0 unspecified atom stereocenters. The van der Waals surface area contributed by atoms with Gasteiger partial charge < -0.3 is 15.1 Å². The highest BCUT2D eigenvalue weighted by Gasteiger charge is 2.21. The summed E-state index contributed by atoms with van der Waals surface area (Å²) in [5.74, 6) is -0.0342. The van der Waals surface area contributed by atoms with Gasteiger partial charge >= 0.3 is 0 Å². The average Bonchev–Trinajstić information content (AvgIpc) is 3.12. The van der Waals surface area contributed by atoms with Gasteiger partial charge in [0.1, 0.15) is 0 Å². The van der Waals surface area contributed by atoms with Crippen LogP contribution in [0.5, 0.6) is 0 Å². The minimum Gasteiger partial charge on any atom is -0.619 e. The maximum Gasteiger partial charge on any atom is 0.254 e. The SMILES string of the molecule is CCc1cccc2c(C3=CCN(C(=O)c4cc[n+]([O-])cc4)CC3)c[nH]c12. The fraction of sp³-hybridized carbons (Fsp3) is 0.238. The number of hydrogen-bond donors (Lipinski definition) is 1. The van der Waals surface area contributed by atoms with Gasteiger partial charge in [0, 0.05) is 47.9 Å². The molecule has 0 fully saturated rings. The molecule has 0 atom stereocenters. The molecular formula is C21H21N3O2. The van der Waals surface area contributed by atoms with Crippen molar-refractivity contribution in [1.29, 1.82) is 0 Å². The van der Waals surface area contributed by atoms with E-state index in [2.05, 4.69) is 42.4 Å². The van der Waals surface area contributed by atoms with Crippen molar-refractivity contribution in [3.63, 3.8) is 0 Å². The smallest absolute Gasteiger partial charge is 0.254 e. The summed E-state index contributed by atoms with van der Waals surface area (Å²) in [5, 5.41) is 12.4. The van der Waals surface area contributed by atoms with Gasteiger partial charge in [0.2, 0.25) is 0 Å². The number of fused-ring (bicyclic) bond motifs is 1. The largest absolute Gasteiger partial charge is 0.619 e. The predicted octanol–water partition coefficient (Wildman–Crippen LogP) is 3.29. The van der Waals surface area contributed by atoms with E-state index in [9.17, 15) is 10.0 Å². The number of H-pyrrole nitrogens is 1. The first-order valence-corrected chi connectivity index (χ1v) is 8.94. The van der Waals surface area contributed by atoms with Crippen LogP contribution >= 0.6 is 0 Å². The molecule has 5 nitrogen and oxygen atoms in total. The van der Waals surface area contributed by atoms with Crippen LogP contribution in [-0.4, -0.2) is 28.9 Å². The standard InChI is InChI=1S/C21H21N3O2/c1-2-15-4-3-5-18-19(14-22-20(15)18)16-6-10-23(11-7-16)21(25)17-8-12-24(26)13-9-17/h3-6,8-9,12-14,22H,2,7,10-11H2,1H3. The first-order chi connectivity index (χ1) is 12.7. The summed E-state index contributed by atoms with van der Waals surface area (Å²) >= 11 is 0. The number of para-hydroxylation sites is 1. The lowest BCUT2D eigenvalue weighted by atomic mass is 9.97. The van der Waals surface area contributed by atoms with Crippen molar-refractivity contribution >= 4 is 22.4 Å². The summed E-state index contributed by atoms with van der Waals surface area (Å²) < 4.78 is 0.687. The van der Waals surface area contributed by atoms with Crippen LogP contribution in [0.25, 0.3) is 16.5 Å². The molecule has 1 aliphatic rings. The molecule has 0 saturated heterocycles. The Morgan fingerprint density at radius 3 is 2.77 bits per heavy atom. The third-order valence-electron chi connectivity index (χ3n) is 5.07. The Balaban J connectivity index is 1.56. The Morgan fingerprint density at radius 1 is 1.27 bits per heavy atom. The van der Waals surface area contributed by atoms with E-state index in [-0.39, 0.29) is 5.91 Å². The monoisotopic (exact) mass is 347 g/mol. The zero-order valence-corrected chi connectivity index (χ0v) is 14.7. The van der Waals surface area contributed by atoms with Crippen LogP contribution in [0.15, 0.2) is 55.0 Å². The van der Waals surface area contributed by atoms with Gasteiger partial charge in [0.05, 0.1) is 5.56 Å². The number of carbonyl (C=O) groups excluding carboxylic acids is 1. The molecule has 0 bridgehead atoms. The molecule has 3 aromatic rings. The summed E-state index contributed by atoms with van der Waals surface area (Å²) in [4.78, 5) is 17.8. The van der Waals surface area contributed by atoms with Crippen LogP contribution in [0.2, 0.25) is 0 Å². The second kappa shape index (κ2) is 6.67. The topological polar surface area (TPSA) is 63.0 Å². The first kappa shape index (κ1) is 16.4. The van der Waals surface area contributed by atoms with E-state index < -0.39 is 0 Å². The molecule has 0 spiro atoms. The highest BCUT2D eigenvalue weighted by molar-refractivity contribution is 5.96. The average molecular weight is 347 g/mol. The lowest BCUT2D eigenvalue weighted by Crippen LogP contribution is -2.35. The van der Waals surface area contributed by atoms with Crippen molar-refractivity contribution in [1.82, 2.24) is 9.88 Å². The van der Waals surface area contributed by atoms with Gasteiger partial charge in [-0.15, -0.1) is 0 Å². The number of aromatic nitrogens is 2. The molecule has 1 amide bonds. The zero-order valence-electron chi connectivity index (χ0n) is 14.7. The number of benzene rings is 1. The molecule has 1 aliphatic heterocycles. The first-order valence-electron chi connectivity index (χ1n) is 8.94. The second-order valence-corrected chi connectivity index (χ2v) is 6.57. The van der Waals surface area contributed by atoms with Gasteiger partial charge in [-0.3, -0.25) is 4.79 Å². The minimum atomic E-state index is -0.0342. The number of hydrogen-bond acceptors (Lipinski definition) is 2. The molecule has 26 heavy (non-hydrogen) atoms. The van der Waals surface area contributed by atoms with Crippen molar-refractivity contribution in [3.05, 3.63) is 76.9 Å². The molecule has 5 heteroatoms. The van der Waals surface area contributed by atoms with Crippen LogP contribution in [0.1, 0.15) is 34.8 Å². The Morgan fingerprint density at radius 2 is 2.08 bits per heavy atom. The zero-order chi connectivity index (χ0) is 18.1. The maximum atomic E-state index is 12.6. The molecule has 0 radical (unpaired) electrons. The molecule has 1 N–H and O–H groups in total. The highest BCUT2D eigenvalue weighted by Crippen LogP contribution is 2.31. The fourth-order valence-electron chi connectivity index (χ4n) is 3.61. The van der Waals surface area contributed by atoms with Crippen LogP contribution in [-0.2, 0) is 6.42 Å². The third kappa shape index (κ3) is 2.86. The molecular weight excluding hydrogens is 326 g/mol. The Hall–Kier alpha value is -3.08. The van der Waals surface area contributed by atoms with Crippen molar-refractivity contribution in [2.75, 3.05) is 13.1 Å². The van der Waals surface area contributed by atoms with Crippen molar-refractivity contribution in [2.24, 2.45) is 0 Å². The van der Waals surface area contributed by atoms with Crippen LogP contribution < -0.4 is 4.73 Å². The van der Waals surface area contributed by atoms with Gasteiger partial charge in [-0.2, -0.15) is 4.73 Å². The van der Waals surface area contributed by atoms with Gasteiger partial charge in [-0.1, -0.05) is 31.2 Å². The van der Waals surface area contributed by atoms with E-state index in [1.807, 2.05) is 4.90 Å². The molecule has 0 aliphatic carbocycles. The lowest BCUT2D eigenvalue weighted by molar-refractivity contribution is -0.605. The number of nitrogens with one attached hydrogen (secondary N) is 1. The van der Waals surface area contributed by atoms with Crippen LogP contribution in [0, 0.1) is 5.21 Å². The van der Waals surface area contributed by atoms with Gasteiger partial charge in [-0.25, -0.2) is 0 Å². The number of aromatic amines is 1. The molecule has 0 saturated carbocycles. The number of carbonyl (C=O) groups is 1. The molecule has 2 aromatic heterocycles. The Kier molecular flexibility index (Phi) is 4.21. The quantitative estimate of drug-likeness (QED) is 0.584. The van der Waals surface area contributed by atoms with E-state index >= 15 is 0 Å². The van der Waals surface area contributed by atoms with Gasteiger partial charge in [0.25, 0.3) is 5.91 Å². The number of pyridine rings is 1. The second-order valence-electron chi connectivity index (χ2n) is 6.57. The fourth-order valence-corrected chi connectivity index (χ4v) is 3.61. The summed E-state index contributed by atoms with van der Waals surface area (Å²) in [6.45, 7) is 3.42. The Labute approximate surface area is 152 Å². The molecule has 4 rings (SSSR count). The highest BCUT2D eigenvalue weighted by atomic mass is 16.5. The minimum absolute atomic E-state index is 0.0342. The lowest BCUT2D eigenvalue weighted by Gasteiger charge is -2.26. The summed E-state index contributed by atoms with van der Waals surface area (Å²) in [6, 6.07) is 9.56. The number of nitrogens with zero attached hydrogens (tertiary/aromatic N) is 2. The third-order valence-corrected chi connectivity index (χ3v) is 5.07. The summed E-state index contributed by atoms with van der Waals surface area (Å²) in [6.07, 6.45) is 8.75. The van der Waals surface area contributed by atoms with Crippen LogP contribution in [0.4, 0.5) is 0 Å². The van der Waals surface area contributed by atoms with E-state index in [1.54, 1.807) is 12.1 Å². The van der Waals surface area contributed by atoms with Gasteiger partial charge in [0.15, 0.2) is 12.4 Å². The molecule has 1 aromatic carbocycles. The van der Waals surface area contributed by atoms with E-state index in [0.29, 0.717) is 23.4 Å². The number of rotatable bonds is 3. The van der Waals surface area contributed by atoms with Crippen molar-refractivity contribution < 1.29 is 9.52 Å². The van der Waals surface area contributed by atoms with Gasteiger partial charge in [-0.05, 0) is 24.0 Å². The molecule has 132 valence electrons. The number of aryl methyl sites for hydroxylation is 1. The van der Waals surface area contributed by atoms with E-state index in [0.717, 1.165) is 12.8 Å². The summed E-state index contributed by atoms with van der Waals surface area (Å²) in [5.41, 5.74) is 5.59. The van der Waals surface area contributed by atoms with Crippen molar-refractivity contribution in [2.45, 2.75) is 19.8 Å². The van der Waals surface area contributed by atoms with E-state index in [4.69, 9.17) is 0 Å². The Bertz CT molecular complexity index is 986. The predicted molar refractivity (Wildman–Crippen MR) is 102 cm³/mol. The van der Waals surface area contributed by atoms with Crippen molar-refractivity contribution in [3.8, 4) is 0 Å². The van der Waals surface area contributed by atoms with E-state index in [1.165, 1.54) is 40.0 Å². The number of amides is 1. The summed E-state index contributed by atoms with van der Waals surface area (Å²) in [7, 11) is 0. The van der Waals surface area contributed by atoms with Crippen LogP contribution in [0.3, 0.4) is 0 Å². The maximum absolute atomic E-state index is 12.6.